The van der Waals surface area contributed by atoms with Crippen LogP contribution in [0.2, 0.25) is 0 Å². The van der Waals surface area contributed by atoms with Gasteiger partial charge in [-0.3, -0.25) is 9.97 Å². The van der Waals surface area contributed by atoms with Crippen LogP contribution < -0.4 is 5.73 Å². The summed E-state index contributed by atoms with van der Waals surface area (Å²) >= 11 is 0. The summed E-state index contributed by atoms with van der Waals surface area (Å²) in [6.45, 7) is 0.591. The molecule has 1 aliphatic heterocycles. The maximum atomic E-state index is 5.69. The molecule has 106 valence electrons. The van der Waals surface area contributed by atoms with Crippen LogP contribution in [0, 0.1) is 0 Å². The van der Waals surface area contributed by atoms with Gasteiger partial charge in [-0.2, -0.15) is 0 Å². The number of aromatic nitrogens is 2. The first-order valence-corrected chi connectivity index (χ1v) is 7.11. The van der Waals surface area contributed by atoms with E-state index < -0.39 is 0 Å². The predicted octanol–water partition coefficient (Wildman–Crippen LogP) is 1.72. The number of hydrogen-bond acceptors (Lipinski definition) is 5. The van der Waals surface area contributed by atoms with Gasteiger partial charge in [0.05, 0.1) is 11.9 Å². The van der Waals surface area contributed by atoms with E-state index >= 15 is 0 Å². The molecule has 2 N–H and O–H groups in total. The monoisotopic (exact) mass is 280 g/mol. The Hall–Kier alpha value is -2.43. The van der Waals surface area contributed by atoms with Crippen LogP contribution in [0.15, 0.2) is 41.8 Å². The van der Waals surface area contributed by atoms with E-state index in [0.29, 0.717) is 12.6 Å². The van der Waals surface area contributed by atoms with E-state index in [4.69, 9.17) is 10.5 Å². The Bertz CT molecular complexity index is 713. The van der Waals surface area contributed by atoms with Crippen molar-refractivity contribution in [2.75, 3.05) is 6.61 Å². The van der Waals surface area contributed by atoms with Gasteiger partial charge in [0, 0.05) is 24.4 Å². The van der Waals surface area contributed by atoms with E-state index in [1.165, 1.54) is 16.7 Å². The minimum Gasteiger partial charge on any atom is -0.463 e. The minimum absolute atomic E-state index is 0.169. The molecular weight excluding hydrogens is 264 g/mol. The van der Waals surface area contributed by atoms with Crippen LogP contribution >= 0.6 is 0 Å². The quantitative estimate of drug-likeness (QED) is 0.863. The van der Waals surface area contributed by atoms with E-state index in [2.05, 4.69) is 33.2 Å². The minimum atomic E-state index is -0.169. The van der Waals surface area contributed by atoms with Crippen molar-refractivity contribution in [3.63, 3.8) is 0 Å². The van der Waals surface area contributed by atoms with Gasteiger partial charge >= 0.3 is 0 Å². The molecule has 1 aliphatic carbocycles. The standard InChI is InChI=1S/C16H16N4O/c17-15-20-16(10-21-15)5-4-12-11(8-16)2-1-3-13(12)14-9-18-6-7-19-14/h1-3,6-7,9H,4-5,8,10H2,(H2,17,20). The highest BCUT2D eigenvalue weighted by Crippen LogP contribution is 2.38. The maximum absolute atomic E-state index is 5.69. The third-order valence-electron chi connectivity index (χ3n) is 4.31. The molecule has 2 heterocycles. The van der Waals surface area contributed by atoms with Crippen molar-refractivity contribution in [2.45, 2.75) is 24.8 Å². The second-order valence-corrected chi connectivity index (χ2v) is 5.67. The topological polar surface area (TPSA) is 73.4 Å². The molecule has 2 aromatic rings. The van der Waals surface area contributed by atoms with Gasteiger partial charge in [0.25, 0.3) is 6.02 Å². The number of fused-ring (bicyclic) bond motifs is 1. The Morgan fingerprint density at radius 2 is 2.19 bits per heavy atom. The number of rotatable bonds is 1. The highest BCUT2D eigenvalue weighted by Gasteiger charge is 2.39. The van der Waals surface area contributed by atoms with E-state index in [9.17, 15) is 0 Å². The summed E-state index contributed by atoms with van der Waals surface area (Å²) in [6.07, 6.45) is 8.03. The van der Waals surface area contributed by atoms with Crippen LogP contribution in [0.5, 0.6) is 0 Å². The smallest absolute Gasteiger partial charge is 0.282 e. The third-order valence-corrected chi connectivity index (χ3v) is 4.31. The molecule has 0 radical (unpaired) electrons. The number of nitrogens with zero attached hydrogens (tertiary/aromatic N) is 3. The van der Waals surface area contributed by atoms with Crippen molar-refractivity contribution < 1.29 is 4.74 Å². The molecule has 0 saturated heterocycles. The van der Waals surface area contributed by atoms with Gasteiger partial charge in [0.1, 0.15) is 12.1 Å². The van der Waals surface area contributed by atoms with Gasteiger partial charge in [0.15, 0.2) is 0 Å². The molecule has 1 aromatic carbocycles. The van der Waals surface area contributed by atoms with Crippen molar-refractivity contribution in [2.24, 2.45) is 10.7 Å². The number of amidine groups is 1. The Kier molecular flexibility index (Phi) is 2.67. The fourth-order valence-corrected chi connectivity index (χ4v) is 3.30. The first-order chi connectivity index (χ1) is 10.3. The number of aliphatic imine (C=N–C) groups is 1. The summed E-state index contributed by atoms with van der Waals surface area (Å²) in [4.78, 5) is 13.1. The molecule has 21 heavy (non-hydrogen) atoms. The number of ether oxygens (including phenoxy) is 1. The van der Waals surface area contributed by atoms with E-state index in [-0.39, 0.29) is 5.54 Å². The highest BCUT2D eigenvalue weighted by atomic mass is 16.5. The molecule has 4 rings (SSSR count). The fourth-order valence-electron chi connectivity index (χ4n) is 3.30. The molecule has 5 heteroatoms. The average Bonchev–Trinajstić information content (AvgIpc) is 2.88. The lowest BCUT2D eigenvalue weighted by atomic mass is 9.77. The second-order valence-electron chi connectivity index (χ2n) is 5.67. The molecule has 0 amide bonds. The largest absolute Gasteiger partial charge is 0.463 e. The predicted molar refractivity (Wildman–Crippen MR) is 79.8 cm³/mol. The van der Waals surface area contributed by atoms with Crippen LogP contribution in [-0.4, -0.2) is 28.1 Å². The summed E-state index contributed by atoms with van der Waals surface area (Å²) in [7, 11) is 0. The van der Waals surface area contributed by atoms with Gasteiger partial charge < -0.3 is 10.5 Å². The highest BCUT2D eigenvalue weighted by molar-refractivity contribution is 5.74. The maximum Gasteiger partial charge on any atom is 0.282 e. The van der Waals surface area contributed by atoms with Crippen molar-refractivity contribution >= 4 is 6.02 Å². The Morgan fingerprint density at radius 1 is 1.24 bits per heavy atom. The normalized spacial score (nSPS) is 23.5. The summed E-state index contributed by atoms with van der Waals surface area (Å²) in [6, 6.07) is 6.68. The molecule has 5 nitrogen and oxygen atoms in total. The zero-order valence-electron chi connectivity index (χ0n) is 11.6. The van der Waals surface area contributed by atoms with Crippen molar-refractivity contribution in [1.82, 2.24) is 9.97 Å². The van der Waals surface area contributed by atoms with Crippen LogP contribution in [-0.2, 0) is 17.6 Å². The van der Waals surface area contributed by atoms with E-state index in [1.807, 2.05) is 6.20 Å². The Morgan fingerprint density at radius 3 is 2.95 bits per heavy atom. The van der Waals surface area contributed by atoms with E-state index in [0.717, 1.165) is 25.0 Å². The zero-order valence-corrected chi connectivity index (χ0v) is 11.6. The lowest BCUT2D eigenvalue weighted by Gasteiger charge is -2.31. The first-order valence-electron chi connectivity index (χ1n) is 7.11. The van der Waals surface area contributed by atoms with Gasteiger partial charge in [-0.25, -0.2) is 4.99 Å². The summed E-state index contributed by atoms with van der Waals surface area (Å²) < 4.78 is 5.38. The third kappa shape index (κ3) is 2.05. The molecular formula is C16H16N4O. The van der Waals surface area contributed by atoms with Crippen molar-refractivity contribution in [3.05, 3.63) is 47.9 Å². The van der Waals surface area contributed by atoms with Crippen LogP contribution in [0.3, 0.4) is 0 Å². The average molecular weight is 280 g/mol. The van der Waals surface area contributed by atoms with Crippen LogP contribution in [0.25, 0.3) is 11.3 Å². The second kappa shape index (κ2) is 4.55. The summed E-state index contributed by atoms with van der Waals surface area (Å²) in [5.74, 6) is 0. The lowest BCUT2D eigenvalue weighted by molar-refractivity contribution is 0.235. The lowest BCUT2D eigenvalue weighted by Crippen LogP contribution is -2.35. The van der Waals surface area contributed by atoms with Gasteiger partial charge in [-0.1, -0.05) is 18.2 Å². The number of nitrogens with two attached hydrogens (primary N) is 1. The molecule has 0 bridgehead atoms. The molecule has 1 spiro atoms. The molecule has 1 unspecified atom stereocenters. The molecule has 0 fully saturated rings. The molecule has 0 saturated carbocycles. The van der Waals surface area contributed by atoms with Crippen molar-refractivity contribution in [3.8, 4) is 11.3 Å². The Labute approximate surface area is 122 Å². The van der Waals surface area contributed by atoms with Gasteiger partial charge in [0.2, 0.25) is 0 Å². The zero-order chi connectivity index (χ0) is 14.3. The molecule has 1 atom stereocenters. The summed E-state index contributed by atoms with van der Waals surface area (Å²) in [5, 5.41) is 0. The molecule has 2 aliphatic rings. The van der Waals surface area contributed by atoms with Crippen LogP contribution in [0.4, 0.5) is 0 Å². The van der Waals surface area contributed by atoms with Gasteiger partial charge in [-0.05, 0) is 24.0 Å². The molecule has 1 aromatic heterocycles. The van der Waals surface area contributed by atoms with Crippen LogP contribution in [0.1, 0.15) is 17.5 Å². The van der Waals surface area contributed by atoms with Gasteiger partial charge in [-0.15, -0.1) is 0 Å². The SMILES string of the molecule is NC1=NC2(CCc3c(cccc3-c3cnccn3)C2)CO1. The first kappa shape index (κ1) is 12.3. The Balaban J connectivity index is 1.75. The number of hydrogen-bond donors (Lipinski definition) is 1. The van der Waals surface area contributed by atoms with Crippen molar-refractivity contribution in [1.29, 1.82) is 0 Å². The summed E-state index contributed by atoms with van der Waals surface area (Å²) in [5.41, 5.74) is 10.3. The number of benzene rings is 1. The van der Waals surface area contributed by atoms with E-state index in [1.54, 1.807) is 12.4 Å². The fraction of sp³-hybridized carbons (Fsp3) is 0.312.